The monoisotopic (exact) mass is 340 g/mol. The van der Waals surface area contributed by atoms with Crippen LogP contribution in [0, 0.1) is 0 Å². The third kappa shape index (κ3) is 3.66. The van der Waals surface area contributed by atoms with Crippen LogP contribution in [0.5, 0.6) is 0 Å². The van der Waals surface area contributed by atoms with Crippen molar-refractivity contribution in [2.75, 3.05) is 24.5 Å². The molecule has 1 unspecified atom stereocenters. The molecule has 0 bridgehead atoms. The molecule has 2 aromatic carbocycles. The fraction of sp³-hybridized carbons (Fsp3) is 0.400. The quantitative estimate of drug-likeness (QED) is 0.908. The Labute approximate surface area is 147 Å². The molecule has 1 aliphatic heterocycles. The van der Waals surface area contributed by atoms with Crippen molar-refractivity contribution >= 4 is 28.3 Å². The van der Waals surface area contributed by atoms with Gasteiger partial charge in [0.15, 0.2) is 0 Å². The molecule has 1 saturated heterocycles. The van der Waals surface area contributed by atoms with Gasteiger partial charge in [0.2, 0.25) is 5.91 Å². The van der Waals surface area contributed by atoms with Crippen LogP contribution in [0.1, 0.15) is 26.2 Å². The predicted molar refractivity (Wildman–Crippen MR) is 98.8 cm³/mol. The van der Waals surface area contributed by atoms with E-state index in [0.29, 0.717) is 19.5 Å². The number of aliphatic carboxylic acids is 1. The molecular formula is C20H24N2O3. The van der Waals surface area contributed by atoms with Gasteiger partial charge in [-0.1, -0.05) is 42.8 Å². The summed E-state index contributed by atoms with van der Waals surface area (Å²) in [4.78, 5) is 28.0. The van der Waals surface area contributed by atoms with E-state index in [1.54, 1.807) is 4.90 Å². The van der Waals surface area contributed by atoms with E-state index >= 15 is 0 Å². The molecule has 1 atom stereocenters. The molecule has 0 spiro atoms. The van der Waals surface area contributed by atoms with Crippen LogP contribution in [0.3, 0.4) is 0 Å². The largest absolute Gasteiger partial charge is 0.480 e. The maximum absolute atomic E-state index is 12.9. The Balaban J connectivity index is 1.85. The first-order valence-corrected chi connectivity index (χ1v) is 8.86. The van der Waals surface area contributed by atoms with Gasteiger partial charge in [0.1, 0.15) is 6.04 Å². The highest BCUT2D eigenvalue weighted by molar-refractivity contribution is 6.04. The van der Waals surface area contributed by atoms with E-state index in [2.05, 4.69) is 0 Å². The first kappa shape index (κ1) is 17.4. The number of hydrogen-bond donors (Lipinski definition) is 1. The number of carbonyl (C=O) groups excluding carboxylic acids is 1. The number of likely N-dealkylation sites (N-methyl/N-ethyl adjacent to an activating group) is 1. The summed E-state index contributed by atoms with van der Waals surface area (Å²) in [5.74, 6) is -0.882. The Kier molecular flexibility index (Phi) is 5.34. The first-order chi connectivity index (χ1) is 12.1. The number of hydrogen-bond acceptors (Lipinski definition) is 3. The van der Waals surface area contributed by atoms with Crippen LogP contribution in [0.25, 0.3) is 10.8 Å². The molecule has 2 aromatic rings. The molecule has 0 aromatic heterocycles. The zero-order chi connectivity index (χ0) is 17.8. The summed E-state index contributed by atoms with van der Waals surface area (Å²) < 4.78 is 0. The lowest BCUT2D eigenvalue weighted by Crippen LogP contribution is -2.50. The van der Waals surface area contributed by atoms with E-state index in [4.69, 9.17) is 0 Å². The zero-order valence-corrected chi connectivity index (χ0v) is 14.5. The van der Waals surface area contributed by atoms with Crippen molar-refractivity contribution in [3.8, 4) is 0 Å². The van der Waals surface area contributed by atoms with Gasteiger partial charge >= 0.3 is 5.97 Å². The number of fused-ring (bicyclic) bond motifs is 1. The minimum absolute atomic E-state index is 0.0491. The molecule has 5 nitrogen and oxygen atoms in total. The minimum atomic E-state index is -0.833. The molecule has 5 heteroatoms. The standard InChI is InChI=1S/C20H24N2O3/c1-2-22(17-12-7-9-15-8-3-4-10-16(15)17)19(23)14-21-13-6-5-11-18(21)20(24)25/h3-4,7-10,12,18H,2,5-6,11,13-14H2,1H3,(H,24,25). The fourth-order valence-electron chi connectivity index (χ4n) is 3.64. The van der Waals surface area contributed by atoms with E-state index in [9.17, 15) is 14.7 Å². The summed E-state index contributed by atoms with van der Waals surface area (Å²) >= 11 is 0. The normalized spacial score (nSPS) is 18.2. The first-order valence-electron chi connectivity index (χ1n) is 8.86. The number of carbonyl (C=O) groups is 2. The molecule has 1 amide bonds. The van der Waals surface area contributed by atoms with Crippen LogP contribution >= 0.6 is 0 Å². The molecule has 0 saturated carbocycles. The number of piperidine rings is 1. The molecular weight excluding hydrogens is 316 g/mol. The van der Waals surface area contributed by atoms with Crippen LogP contribution < -0.4 is 4.90 Å². The lowest BCUT2D eigenvalue weighted by Gasteiger charge is -2.34. The Morgan fingerprint density at radius 2 is 1.92 bits per heavy atom. The van der Waals surface area contributed by atoms with E-state index < -0.39 is 12.0 Å². The number of carboxylic acid groups (broad SMARTS) is 1. The molecule has 0 radical (unpaired) electrons. The van der Waals surface area contributed by atoms with Gasteiger partial charge < -0.3 is 10.0 Å². The number of rotatable bonds is 5. The second-order valence-electron chi connectivity index (χ2n) is 6.46. The number of benzene rings is 2. The van der Waals surface area contributed by atoms with E-state index in [1.807, 2.05) is 54.3 Å². The number of amides is 1. The summed E-state index contributed by atoms with van der Waals surface area (Å²) in [5.41, 5.74) is 0.884. The maximum Gasteiger partial charge on any atom is 0.320 e. The van der Waals surface area contributed by atoms with Gasteiger partial charge in [-0.05, 0) is 37.8 Å². The van der Waals surface area contributed by atoms with Crippen LogP contribution in [-0.4, -0.2) is 47.6 Å². The van der Waals surface area contributed by atoms with Crippen molar-refractivity contribution < 1.29 is 14.7 Å². The maximum atomic E-state index is 12.9. The summed E-state index contributed by atoms with van der Waals surface area (Å²) in [6, 6.07) is 13.4. The SMILES string of the molecule is CCN(C(=O)CN1CCCCC1C(=O)O)c1cccc2ccccc12. The van der Waals surface area contributed by atoms with Gasteiger partial charge in [-0.2, -0.15) is 0 Å². The van der Waals surface area contributed by atoms with Crippen molar-refractivity contribution in [1.29, 1.82) is 0 Å². The van der Waals surface area contributed by atoms with Crippen LogP contribution in [-0.2, 0) is 9.59 Å². The number of carboxylic acids is 1. The average Bonchev–Trinajstić information content (AvgIpc) is 2.63. The Morgan fingerprint density at radius 3 is 2.68 bits per heavy atom. The molecule has 1 aliphatic rings. The van der Waals surface area contributed by atoms with Gasteiger partial charge in [0, 0.05) is 11.9 Å². The molecule has 132 valence electrons. The number of anilines is 1. The number of nitrogens with zero attached hydrogens (tertiary/aromatic N) is 2. The second-order valence-corrected chi connectivity index (χ2v) is 6.46. The van der Waals surface area contributed by atoms with Gasteiger partial charge in [0.25, 0.3) is 0 Å². The van der Waals surface area contributed by atoms with E-state index in [0.717, 1.165) is 29.3 Å². The highest BCUT2D eigenvalue weighted by atomic mass is 16.4. The van der Waals surface area contributed by atoms with Gasteiger partial charge in [-0.15, -0.1) is 0 Å². The van der Waals surface area contributed by atoms with E-state index in [-0.39, 0.29) is 12.5 Å². The van der Waals surface area contributed by atoms with E-state index in [1.165, 1.54) is 0 Å². The third-order valence-electron chi connectivity index (χ3n) is 4.91. The van der Waals surface area contributed by atoms with Gasteiger partial charge in [-0.3, -0.25) is 14.5 Å². The molecule has 0 aliphatic carbocycles. The Bertz CT molecular complexity index is 769. The van der Waals surface area contributed by atoms with Gasteiger partial charge in [-0.25, -0.2) is 0 Å². The summed E-state index contributed by atoms with van der Waals surface area (Å²) in [7, 11) is 0. The van der Waals surface area contributed by atoms with Gasteiger partial charge in [0.05, 0.1) is 12.2 Å². The molecule has 25 heavy (non-hydrogen) atoms. The Morgan fingerprint density at radius 1 is 1.16 bits per heavy atom. The minimum Gasteiger partial charge on any atom is -0.480 e. The zero-order valence-electron chi connectivity index (χ0n) is 14.5. The van der Waals surface area contributed by atoms with Crippen molar-refractivity contribution in [3.63, 3.8) is 0 Å². The van der Waals surface area contributed by atoms with Crippen LogP contribution in [0.15, 0.2) is 42.5 Å². The molecule has 3 rings (SSSR count). The molecule has 1 fully saturated rings. The lowest BCUT2D eigenvalue weighted by atomic mass is 10.0. The molecule has 1 heterocycles. The van der Waals surface area contributed by atoms with Crippen LogP contribution in [0.4, 0.5) is 5.69 Å². The van der Waals surface area contributed by atoms with Crippen molar-refractivity contribution in [1.82, 2.24) is 4.90 Å². The third-order valence-corrected chi connectivity index (χ3v) is 4.91. The average molecular weight is 340 g/mol. The van der Waals surface area contributed by atoms with Crippen LogP contribution in [0.2, 0.25) is 0 Å². The predicted octanol–water partition coefficient (Wildman–Crippen LogP) is 3.13. The van der Waals surface area contributed by atoms with Crippen molar-refractivity contribution in [2.45, 2.75) is 32.2 Å². The fourth-order valence-corrected chi connectivity index (χ4v) is 3.64. The number of likely N-dealkylation sites (tertiary alicyclic amines) is 1. The topological polar surface area (TPSA) is 60.9 Å². The smallest absolute Gasteiger partial charge is 0.320 e. The summed E-state index contributed by atoms with van der Waals surface area (Å²) in [6.07, 6.45) is 2.46. The highest BCUT2D eigenvalue weighted by Crippen LogP contribution is 2.27. The summed E-state index contributed by atoms with van der Waals surface area (Å²) in [5, 5.41) is 11.5. The van der Waals surface area contributed by atoms with Crippen molar-refractivity contribution in [3.05, 3.63) is 42.5 Å². The highest BCUT2D eigenvalue weighted by Gasteiger charge is 2.31. The Hall–Kier alpha value is -2.40. The van der Waals surface area contributed by atoms with Crippen molar-refractivity contribution in [2.24, 2.45) is 0 Å². The molecule has 1 N–H and O–H groups in total. The lowest BCUT2D eigenvalue weighted by molar-refractivity contribution is -0.145. The summed E-state index contributed by atoms with van der Waals surface area (Å²) in [6.45, 7) is 3.31. The second kappa shape index (κ2) is 7.66.